The summed E-state index contributed by atoms with van der Waals surface area (Å²) in [6, 6.07) is 20.3. The number of aromatic nitrogens is 3. The van der Waals surface area contributed by atoms with Gasteiger partial charge in [0, 0.05) is 36.5 Å². The third-order valence-corrected chi connectivity index (χ3v) is 6.42. The van der Waals surface area contributed by atoms with Gasteiger partial charge in [-0.2, -0.15) is 0 Å². The Kier molecular flexibility index (Phi) is 7.74. The van der Waals surface area contributed by atoms with Crippen LogP contribution in [-0.4, -0.2) is 57.5 Å². The van der Waals surface area contributed by atoms with Crippen molar-refractivity contribution in [1.29, 1.82) is 0 Å². The van der Waals surface area contributed by atoms with Gasteiger partial charge in [0.05, 0.1) is 0 Å². The molecule has 2 heterocycles. The normalized spacial score (nSPS) is 14.1. The van der Waals surface area contributed by atoms with Gasteiger partial charge < -0.3 is 10.2 Å². The first-order valence-electron chi connectivity index (χ1n) is 11.0. The van der Waals surface area contributed by atoms with Crippen LogP contribution in [0.2, 0.25) is 0 Å². The van der Waals surface area contributed by atoms with Crippen LogP contribution in [-0.2, 0) is 4.79 Å². The summed E-state index contributed by atoms with van der Waals surface area (Å²) in [5.74, 6) is 1.78. The highest BCUT2D eigenvalue weighted by atomic mass is 32.2. The molecule has 3 aromatic rings. The van der Waals surface area contributed by atoms with E-state index in [0.29, 0.717) is 6.42 Å². The third kappa shape index (κ3) is 5.95. The van der Waals surface area contributed by atoms with Gasteiger partial charge in [0.1, 0.15) is 0 Å². The fraction of sp³-hybridized carbons (Fsp3) is 0.375. The Bertz CT molecular complexity index is 955. The number of carbonyl (C=O) groups is 1. The zero-order chi connectivity index (χ0) is 21.3. The van der Waals surface area contributed by atoms with Crippen LogP contribution in [0, 0.1) is 0 Å². The molecule has 31 heavy (non-hydrogen) atoms. The maximum absolute atomic E-state index is 12.1. The fourth-order valence-corrected chi connectivity index (χ4v) is 4.68. The van der Waals surface area contributed by atoms with Crippen molar-refractivity contribution in [2.75, 3.05) is 31.9 Å². The molecule has 2 aromatic carbocycles. The van der Waals surface area contributed by atoms with Crippen molar-refractivity contribution in [1.82, 2.24) is 25.0 Å². The Morgan fingerprint density at radius 1 is 0.968 bits per heavy atom. The molecule has 1 aliphatic rings. The van der Waals surface area contributed by atoms with E-state index >= 15 is 0 Å². The van der Waals surface area contributed by atoms with Gasteiger partial charge in [-0.25, -0.2) is 0 Å². The number of hydrogen-bond donors (Lipinski definition) is 1. The van der Waals surface area contributed by atoms with Gasteiger partial charge in [-0.1, -0.05) is 60.3 Å². The first-order chi connectivity index (χ1) is 15.3. The molecular weight excluding hydrogens is 406 g/mol. The van der Waals surface area contributed by atoms with Gasteiger partial charge in [0.15, 0.2) is 11.0 Å². The molecule has 1 aromatic heterocycles. The molecule has 0 saturated carbocycles. The van der Waals surface area contributed by atoms with E-state index in [1.807, 2.05) is 48.5 Å². The lowest BCUT2D eigenvalue weighted by molar-refractivity contribution is -0.121. The van der Waals surface area contributed by atoms with Crippen LogP contribution in [0.25, 0.3) is 17.1 Å². The second kappa shape index (κ2) is 11.1. The molecule has 1 saturated heterocycles. The first-order valence-corrected chi connectivity index (χ1v) is 12.0. The zero-order valence-electron chi connectivity index (χ0n) is 17.7. The van der Waals surface area contributed by atoms with E-state index in [4.69, 9.17) is 0 Å². The van der Waals surface area contributed by atoms with Crippen molar-refractivity contribution in [3.05, 3.63) is 60.7 Å². The number of hydrogen-bond acceptors (Lipinski definition) is 5. The summed E-state index contributed by atoms with van der Waals surface area (Å²) in [6.07, 6.45) is 3.91. The van der Waals surface area contributed by atoms with E-state index < -0.39 is 0 Å². The number of nitrogens with zero attached hydrogens (tertiary/aromatic N) is 4. The van der Waals surface area contributed by atoms with E-state index in [2.05, 4.69) is 37.1 Å². The molecule has 1 amide bonds. The molecule has 7 heteroatoms. The molecule has 1 N–H and O–H groups in total. The van der Waals surface area contributed by atoms with Crippen LogP contribution in [0.5, 0.6) is 0 Å². The average Bonchev–Trinajstić information content (AvgIpc) is 3.48. The third-order valence-electron chi connectivity index (χ3n) is 5.41. The number of para-hydroxylation sites is 1. The molecule has 0 bridgehead atoms. The predicted octanol–water partition coefficient (Wildman–Crippen LogP) is 4.02. The largest absolute Gasteiger partial charge is 0.355 e. The van der Waals surface area contributed by atoms with Gasteiger partial charge >= 0.3 is 0 Å². The van der Waals surface area contributed by atoms with Gasteiger partial charge in [0.25, 0.3) is 0 Å². The summed E-state index contributed by atoms with van der Waals surface area (Å²) in [5.41, 5.74) is 2.07. The highest BCUT2D eigenvalue weighted by molar-refractivity contribution is 7.99. The maximum Gasteiger partial charge on any atom is 0.220 e. The highest BCUT2D eigenvalue weighted by Crippen LogP contribution is 2.28. The van der Waals surface area contributed by atoms with Gasteiger partial charge in [0.2, 0.25) is 5.91 Å². The number of rotatable bonds is 10. The van der Waals surface area contributed by atoms with Gasteiger partial charge in [-0.15, -0.1) is 10.2 Å². The van der Waals surface area contributed by atoms with Crippen molar-refractivity contribution >= 4 is 17.7 Å². The van der Waals surface area contributed by atoms with E-state index in [1.165, 1.54) is 25.9 Å². The standard InChI is InChI=1S/C24H29N5OS/c30-22(25-15-18-28-16-7-8-17-28)14-9-19-31-24-27-26-23(20-10-3-1-4-11-20)29(24)21-12-5-2-6-13-21/h1-6,10-13H,7-9,14-19H2,(H,25,30). The average molecular weight is 436 g/mol. The Balaban J connectivity index is 1.32. The minimum Gasteiger partial charge on any atom is -0.355 e. The summed E-state index contributed by atoms with van der Waals surface area (Å²) < 4.78 is 2.09. The van der Waals surface area contributed by atoms with Crippen LogP contribution >= 0.6 is 11.8 Å². The molecule has 0 spiro atoms. The number of nitrogens with one attached hydrogen (secondary N) is 1. The number of amides is 1. The smallest absolute Gasteiger partial charge is 0.220 e. The summed E-state index contributed by atoms with van der Waals surface area (Å²) >= 11 is 1.64. The molecule has 0 radical (unpaired) electrons. The Labute approximate surface area is 188 Å². The Hall–Kier alpha value is -2.64. The molecule has 0 atom stereocenters. The van der Waals surface area contributed by atoms with Crippen molar-refractivity contribution < 1.29 is 4.79 Å². The van der Waals surface area contributed by atoms with Crippen LogP contribution in [0.15, 0.2) is 65.8 Å². The monoisotopic (exact) mass is 435 g/mol. The second-order valence-corrected chi connectivity index (χ2v) is 8.76. The van der Waals surface area contributed by atoms with Crippen molar-refractivity contribution in [2.24, 2.45) is 0 Å². The molecule has 1 aliphatic heterocycles. The summed E-state index contributed by atoms with van der Waals surface area (Å²) in [5, 5.41) is 12.8. The maximum atomic E-state index is 12.1. The zero-order valence-corrected chi connectivity index (χ0v) is 18.6. The van der Waals surface area contributed by atoms with E-state index in [-0.39, 0.29) is 5.91 Å². The highest BCUT2D eigenvalue weighted by Gasteiger charge is 2.16. The molecule has 162 valence electrons. The van der Waals surface area contributed by atoms with Gasteiger partial charge in [-0.05, 0) is 44.5 Å². The van der Waals surface area contributed by atoms with Crippen LogP contribution in [0.4, 0.5) is 0 Å². The molecule has 4 rings (SSSR count). The van der Waals surface area contributed by atoms with E-state index in [1.54, 1.807) is 11.8 Å². The molecular formula is C24H29N5OS. The molecule has 6 nitrogen and oxygen atoms in total. The Morgan fingerprint density at radius 3 is 2.42 bits per heavy atom. The van der Waals surface area contributed by atoms with Crippen molar-refractivity contribution in [3.63, 3.8) is 0 Å². The molecule has 0 unspecified atom stereocenters. The van der Waals surface area contributed by atoms with Crippen molar-refractivity contribution in [3.8, 4) is 17.1 Å². The molecule has 1 fully saturated rings. The number of thioether (sulfide) groups is 1. The van der Waals surface area contributed by atoms with Crippen LogP contribution in [0.3, 0.4) is 0 Å². The number of carbonyl (C=O) groups excluding carboxylic acids is 1. The molecule has 0 aliphatic carbocycles. The lowest BCUT2D eigenvalue weighted by atomic mass is 10.2. The predicted molar refractivity (Wildman–Crippen MR) is 125 cm³/mol. The van der Waals surface area contributed by atoms with Crippen LogP contribution < -0.4 is 5.32 Å². The quantitative estimate of drug-likeness (QED) is 0.385. The van der Waals surface area contributed by atoms with Gasteiger partial charge in [-0.3, -0.25) is 9.36 Å². The number of benzene rings is 2. The minimum absolute atomic E-state index is 0.134. The van der Waals surface area contributed by atoms with E-state index in [0.717, 1.165) is 47.5 Å². The Morgan fingerprint density at radius 2 is 1.68 bits per heavy atom. The fourth-order valence-electron chi connectivity index (χ4n) is 3.79. The van der Waals surface area contributed by atoms with Crippen LogP contribution in [0.1, 0.15) is 25.7 Å². The lowest BCUT2D eigenvalue weighted by Gasteiger charge is -2.14. The summed E-state index contributed by atoms with van der Waals surface area (Å²) in [4.78, 5) is 14.5. The summed E-state index contributed by atoms with van der Waals surface area (Å²) in [6.45, 7) is 4.04. The lowest BCUT2D eigenvalue weighted by Crippen LogP contribution is -2.33. The second-order valence-electron chi connectivity index (χ2n) is 7.69. The van der Waals surface area contributed by atoms with E-state index in [9.17, 15) is 4.79 Å². The minimum atomic E-state index is 0.134. The first kappa shape index (κ1) is 21.6. The van der Waals surface area contributed by atoms with Crippen molar-refractivity contribution in [2.45, 2.75) is 30.8 Å². The number of likely N-dealkylation sites (tertiary alicyclic amines) is 1. The SMILES string of the molecule is O=C(CCCSc1nnc(-c2ccccc2)n1-c1ccccc1)NCCN1CCCC1. The summed E-state index contributed by atoms with van der Waals surface area (Å²) in [7, 11) is 0. The topological polar surface area (TPSA) is 63.1 Å².